The predicted octanol–water partition coefficient (Wildman–Crippen LogP) is 4.64. The maximum Gasteiger partial charge on any atom is 0.266 e. The SMILES string of the molecule is CN(CCN1CCCC1)C(=O)c1sc(-c2ccccc2)nc1-c1ccccc1. The lowest BCUT2D eigenvalue weighted by molar-refractivity contribution is 0.0787. The van der Waals surface area contributed by atoms with Gasteiger partial charge in [0, 0.05) is 31.3 Å². The number of benzene rings is 2. The van der Waals surface area contributed by atoms with Gasteiger partial charge in [-0.05, 0) is 25.9 Å². The number of likely N-dealkylation sites (tertiary alicyclic amines) is 1. The number of hydrogen-bond donors (Lipinski definition) is 0. The van der Waals surface area contributed by atoms with E-state index in [-0.39, 0.29) is 5.91 Å². The molecule has 0 N–H and O–H groups in total. The molecule has 0 atom stereocenters. The molecule has 0 saturated carbocycles. The molecule has 0 bridgehead atoms. The Bertz CT molecular complexity index is 918. The second-order valence-corrected chi connectivity index (χ2v) is 8.20. The van der Waals surface area contributed by atoms with E-state index >= 15 is 0 Å². The Morgan fingerprint density at radius 3 is 2.25 bits per heavy atom. The number of nitrogens with zero attached hydrogens (tertiary/aromatic N) is 3. The Balaban J connectivity index is 1.62. The molecule has 1 fully saturated rings. The van der Waals surface area contributed by atoms with Crippen LogP contribution in [0, 0.1) is 0 Å². The lowest BCUT2D eigenvalue weighted by atomic mass is 10.1. The largest absolute Gasteiger partial charge is 0.340 e. The molecular weight excluding hydrogens is 366 g/mol. The fourth-order valence-electron chi connectivity index (χ4n) is 3.53. The third kappa shape index (κ3) is 4.16. The summed E-state index contributed by atoms with van der Waals surface area (Å²) in [6.07, 6.45) is 2.54. The van der Waals surface area contributed by atoms with Crippen LogP contribution in [0.5, 0.6) is 0 Å². The van der Waals surface area contributed by atoms with Gasteiger partial charge in [-0.15, -0.1) is 11.3 Å². The molecule has 1 aliphatic heterocycles. The molecule has 1 saturated heterocycles. The van der Waals surface area contributed by atoms with Gasteiger partial charge in [-0.25, -0.2) is 4.98 Å². The summed E-state index contributed by atoms with van der Waals surface area (Å²) in [5.74, 6) is 0.0535. The summed E-state index contributed by atoms with van der Waals surface area (Å²) in [6.45, 7) is 3.98. The van der Waals surface area contributed by atoms with Crippen LogP contribution in [0.25, 0.3) is 21.8 Å². The van der Waals surface area contributed by atoms with Crippen LogP contribution in [0.2, 0.25) is 0 Å². The zero-order valence-corrected chi connectivity index (χ0v) is 17.0. The number of amides is 1. The Labute approximate surface area is 170 Å². The van der Waals surface area contributed by atoms with Crippen molar-refractivity contribution in [3.8, 4) is 21.8 Å². The molecule has 5 heteroatoms. The molecule has 0 spiro atoms. The first kappa shape index (κ1) is 18.8. The predicted molar refractivity (Wildman–Crippen MR) is 116 cm³/mol. The van der Waals surface area contributed by atoms with Crippen LogP contribution >= 0.6 is 11.3 Å². The van der Waals surface area contributed by atoms with Gasteiger partial charge in [0.1, 0.15) is 9.88 Å². The number of aromatic nitrogens is 1. The van der Waals surface area contributed by atoms with Crippen LogP contribution in [-0.2, 0) is 0 Å². The standard InChI is InChI=1S/C23H25N3OS/c1-25(16-17-26-14-8-9-15-26)23(27)21-20(18-10-4-2-5-11-18)24-22(28-21)19-12-6-3-7-13-19/h2-7,10-13H,8-9,14-17H2,1H3. The number of carbonyl (C=O) groups is 1. The third-order valence-electron chi connectivity index (χ3n) is 5.19. The van der Waals surface area contributed by atoms with E-state index in [1.807, 2.05) is 72.6 Å². The Hall–Kier alpha value is -2.50. The van der Waals surface area contributed by atoms with Crippen molar-refractivity contribution in [2.45, 2.75) is 12.8 Å². The quantitative estimate of drug-likeness (QED) is 0.614. The maximum atomic E-state index is 13.3. The molecule has 2 aromatic carbocycles. The molecule has 1 amide bonds. The zero-order chi connectivity index (χ0) is 19.3. The van der Waals surface area contributed by atoms with E-state index in [4.69, 9.17) is 4.98 Å². The monoisotopic (exact) mass is 391 g/mol. The van der Waals surface area contributed by atoms with Crippen LogP contribution in [0.3, 0.4) is 0 Å². The molecule has 2 heterocycles. The van der Waals surface area contributed by atoms with Crippen LogP contribution in [0.4, 0.5) is 0 Å². The first-order valence-corrected chi connectivity index (χ1v) is 10.6. The highest BCUT2D eigenvalue weighted by Crippen LogP contribution is 2.34. The first-order chi connectivity index (χ1) is 13.7. The number of hydrogen-bond acceptors (Lipinski definition) is 4. The fourth-order valence-corrected chi connectivity index (χ4v) is 4.62. The van der Waals surface area contributed by atoms with E-state index < -0.39 is 0 Å². The zero-order valence-electron chi connectivity index (χ0n) is 16.2. The van der Waals surface area contributed by atoms with Crippen molar-refractivity contribution in [3.63, 3.8) is 0 Å². The van der Waals surface area contributed by atoms with Crippen LogP contribution in [0.15, 0.2) is 60.7 Å². The van der Waals surface area contributed by atoms with Crippen LogP contribution in [0.1, 0.15) is 22.5 Å². The van der Waals surface area contributed by atoms with Crippen molar-refractivity contribution in [3.05, 3.63) is 65.5 Å². The van der Waals surface area contributed by atoms with E-state index in [2.05, 4.69) is 4.90 Å². The molecule has 3 aromatic rings. The topological polar surface area (TPSA) is 36.4 Å². The van der Waals surface area contributed by atoms with Gasteiger partial charge in [0.05, 0.1) is 5.69 Å². The molecule has 0 radical (unpaired) electrons. The molecule has 28 heavy (non-hydrogen) atoms. The number of likely N-dealkylation sites (N-methyl/N-ethyl adjacent to an activating group) is 1. The molecule has 4 nitrogen and oxygen atoms in total. The number of carbonyl (C=O) groups excluding carboxylic acids is 1. The van der Waals surface area contributed by atoms with Crippen molar-refractivity contribution >= 4 is 17.2 Å². The van der Waals surface area contributed by atoms with Gasteiger partial charge in [0.25, 0.3) is 5.91 Å². The summed E-state index contributed by atoms with van der Waals surface area (Å²) < 4.78 is 0. The van der Waals surface area contributed by atoms with Gasteiger partial charge in [-0.3, -0.25) is 4.79 Å². The Kier molecular flexibility index (Phi) is 5.84. The molecule has 0 aliphatic carbocycles. The average molecular weight is 392 g/mol. The maximum absolute atomic E-state index is 13.3. The van der Waals surface area contributed by atoms with Crippen molar-refractivity contribution in [2.75, 3.05) is 33.2 Å². The second-order valence-electron chi connectivity index (χ2n) is 7.20. The molecule has 1 aliphatic rings. The number of rotatable bonds is 6. The number of thiazole rings is 1. The highest BCUT2D eigenvalue weighted by atomic mass is 32.1. The van der Waals surface area contributed by atoms with Crippen LogP contribution < -0.4 is 0 Å². The van der Waals surface area contributed by atoms with Gasteiger partial charge in [-0.2, -0.15) is 0 Å². The van der Waals surface area contributed by atoms with Crippen molar-refractivity contribution < 1.29 is 4.79 Å². The van der Waals surface area contributed by atoms with Gasteiger partial charge < -0.3 is 9.80 Å². The van der Waals surface area contributed by atoms with E-state index in [9.17, 15) is 4.79 Å². The minimum absolute atomic E-state index is 0.0535. The highest BCUT2D eigenvalue weighted by Gasteiger charge is 2.23. The van der Waals surface area contributed by atoms with Gasteiger partial charge in [-0.1, -0.05) is 60.7 Å². The lowest BCUT2D eigenvalue weighted by Gasteiger charge is -2.21. The first-order valence-electron chi connectivity index (χ1n) is 9.82. The van der Waals surface area contributed by atoms with E-state index in [0.29, 0.717) is 4.88 Å². The Morgan fingerprint density at radius 1 is 1.00 bits per heavy atom. The lowest BCUT2D eigenvalue weighted by Crippen LogP contribution is -2.35. The van der Waals surface area contributed by atoms with Crippen molar-refractivity contribution in [2.24, 2.45) is 0 Å². The van der Waals surface area contributed by atoms with Gasteiger partial charge in [0.15, 0.2) is 0 Å². The fraction of sp³-hybridized carbons (Fsp3) is 0.304. The van der Waals surface area contributed by atoms with E-state index in [0.717, 1.165) is 48.0 Å². The summed E-state index contributed by atoms with van der Waals surface area (Å²) in [5.41, 5.74) is 2.81. The van der Waals surface area contributed by atoms with Crippen LogP contribution in [-0.4, -0.2) is 53.9 Å². The molecule has 144 valence electrons. The van der Waals surface area contributed by atoms with E-state index in [1.165, 1.54) is 24.2 Å². The summed E-state index contributed by atoms with van der Waals surface area (Å²) in [7, 11) is 1.90. The normalized spacial score (nSPS) is 14.3. The summed E-state index contributed by atoms with van der Waals surface area (Å²) in [5, 5.41) is 0.885. The average Bonchev–Trinajstić information content (AvgIpc) is 3.43. The van der Waals surface area contributed by atoms with Crippen molar-refractivity contribution in [1.29, 1.82) is 0 Å². The Morgan fingerprint density at radius 2 is 1.61 bits per heavy atom. The van der Waals surface area contributed by atoms with Crippen molar-refractivity contribution in [1.82, 2.24) is 14.8 Å². The molecular formula is C23H25N3OS. The smallest absolute Gasteiger partial charge is 0.266 e. The van der Waals surface area contributed by atoms with Gasteiger partial charge >= 0.3 is 0 Å². The van der Waals surface area contributed by atoms with E-state index in [1.54, 1.807) is 0 Å². The molecule has 1 aromatic heterocycles. The molecule has 0 unspecified atom stereocenters. The minimum atomic E-state index is 0.0535. The minimum Gasteiger partial charge on any atom is -0.340 e. The third-order valence-corrected chi connectivity index (χ3v) is 6.28. The summed E-state index contributed by atoms with van der Waals surface area (Å²) >= 11 is 1.49. The second kappa shape index (κ2) is 8.67. The molecule has 4 rings (SSSR count). The van der Waals surface area contributed by atoms with Gasteiger partial charge in [0.2, 0.25) is 0 Å². The summed E-state index contributed by atoms with van der Waals surface area (Å²) in [6, 6.07) is 20.1. The summed E-state index contributed by atoms with van der Waals surface area (Å²) in [4.78, 5) is 23.1. The highest BCUT2D eigenvalue weighted by molar-refractivity contribution is 7.17.